The molecule has 1 saturated heterocycles. The van der Waals surface area contributed by atoms with E-state index in [1.54, 1.807) is 0 Å². The summed E-state index contributed by atoms with van der Waals surface area (Å²) in [5.74, 6) is 2.07. The molecule has 1 heterocycles. The summed E-state index contributed by atoms with van der Waals surface area (Å²) in [6.07, 6.45) is 4.93. The number of hydrogen-bond acceptors (Lipinski definition) is 4. The predicted molar refractivity (Wildman–Crippen MR) is 152 cm³/mol. The van der Waals surface area contributed by atoms with Crippen molar-refractivity contribution in [3.8, 4) is 0 Å². The van der Waals surface area contributed by atoms with E-state index in [4.69, 9.17) is 9.47 Å². The van der Waals surface area contributed by atoms with E-state index in [-0.39, 0.29) is 17.9 Å². The lowest BCUT2D eigenvalue weighted by Crippen LogP contribution is -2.63. The molecule has 1 aliphatic heterocycles. The van der Waals surface area contributed by atoms with Crippen molar-refractivity contribution in [1.29, 1.82) is 0 Å². The minimum absolute atomic E-state index is 0.0317. The molecule has 0 amide bonds. The van der Waals surface area contributed by atoms with Gasteiger partial charge in [0, 0.05) is 12.5 Å². The van der Waals surface area contributed by atoms with Crippen molar-refractivity contribution in [1.82, 2.24) is 4.23 Å². The Labute approximate surface area is 217 Å². The molecule has 1 saturated carbocycles. The van der Waals surface area contributed by atoms with Crippen molar-refractivity contribution in [2.75, 3.05) is 13.2 Å². The molecule has 1 aromatic carbocycles. The third kappa shape index (κ3) is 6.88. The fourth-order valence-corrected chi connectivity index (χ4v) is 21.6. The van der Waals surface area contributed by atoms with Crippen LogP contribution in [0.3, 0.4) is 0 Å². The molecule has 1 aliphatic carbocycles. The fraction of sp³-hybridized carbons (Fsp3) is 0.759. The zero-order valence-corrected chi connectivity index (χ0v) is 25.7. The minimum Gasteiger partial charge on any atom is -0.465 e. The normalized spacial score (nSPS) is 28.1. The van der Waals surface area contributed by atoms with E-state index >= 15 is 0 Å². The van der Waals surface area contributed by atoms with Gasteiger partial charge in [-0.15, -0.1) is 0 Å². The maximum absolute atomic E-state index is 13.7. The number of nitrogens with zero attached hydrogens (tertiary/aromatic N) is 1. The second kappa shape index (κ2) is 12.1. The van der Waals surface area contributed by atoms with Crippen LogP contribution < -0.4 is 0 Å². The van der Waals surface area contributed by atoms with Crippen LogP contribution in [-0.4, -0.2) is 52.0 Å². The van der Waals surface area contributed by atoms with Gasteiger partial charge in [0.1, 0.15) is 22.5 Å². The molecule has 0 aromatic heterocycles. The van der Waals surface area contributed by atoms with Crippen LogP contribution in [0.2, 0.25) is 38.3 Å². The number of hydrogen-bond donors (Lipinski definition) is 0. The van der Waals surface area contributed by atoms with Crippen LogP contribution in [0.5, 0.6) is 0 Å². The summed E-state index contributed by atoms with van der Waals surface area (Å²) in [5, 5.41) is 0. The van der Waals surface area contributed by atoms with Crippen LogP contribution in [0.4, 0.5) is 0 Å². The SMILES string of the molecule is CCOC(=O)[C@H]([C@@H](CCO[C@@H]1C[C@H](C)CC[C@H]1C(C)C)c1ccccc1)N1[Si](C)(C)CC[Si]1(C)C. The summed E-state index contributed by atoms with van der Waals surface area (Å²) < 4.78 is 15.2. The summed E-state index contributed by atoms with van der Waals surface area (Å²) in [6.45, 7) is 19.9. The Morgan fingerprint density at radius 3 is 2.26 bits per heavy atom. The average Bonchev–Trinajstić information content (AvgIpc) is 3.01. The highest BCUT2D eigenvalue weighted by atomic mass is 28.4. The van der Waals surface area contributed by atoms with Crippen molar-refractivity contribution in [2.45, 2.75) is 110 Å². The quantitative estimate of drug-likeness (QED) is 0.241. The molecular formula is C29H51NO3Si2. The molecule has 2 aliphatic rings. The van der Waals surface area contributed by atoms with Crippen molar-refractivity contribution in [3.63, 3.8) is 0 Å². The van der Waals surface area contributed by atoms with Crippen molar-refractivity contribution >= 4 is 22.4 Å². The van der Waals surface area contributed by atoms with E-state index in [0.717, 1.165) is 18.8 Å². The number of ether oxygens (including phenoxy) is 2. The van der Waals surface area contributed by atoms with Gasteiger partial charge in [0.25, 0.3) is 0 Å². The van der Waals surface area contributed by atoms with Crippen LogP contribution >= 0.6 is 0 Å². The minimum atomic E-state index is -1.71. The predicted octanol–water partition coefficient (Wildman–Crippen LogP) is 7.30. The lowest BCUT2D eigenvalue weighted by Gasteiger charge is -2.46. The Morgan fingerprint density at radius 1 is 1.06 bits per heavy atom. The maximum Gasteiger partial charge on any atom is 0.322 e. The maximum atomic E-state index is 13.7. The fourth-order valence-electron chi connectivity index (χ4n) is 6.96. The van der Waals surface area contributed by atoms with Gasteiger partial charge in [-0.3, -0.25) is 4.79 Å². The van der Waals surface area contributed by atoms with Crippen LogP contribution in [0.1, 0.15) is 64.9 Å². The summed E-state index contributed by atoms with van der Waals surface area (Å²) in [5.41, 5.74) is 1.24. The second-order valence-electron chi connectivity index (χ2n) is 12.7. The van der Waals surface area contributed by atoms with E-state index in [0.29, 0.717) is 31.2 Å². The van der Waals surface area contributed by atoms with Gasteiger partial charge in [-0.05, 0) is 61.6 Å². The summed E-state index contributed by atoms with van der Waals surface area (Å²) in [7, 11) is -3.42. The van der Waals surface area contributed by atoms with Crippen LogP contribution in [0, 0.1) is 17.8 Å². The van der Waals surface area contributed by atoms with E-state index in [1.807, 2.05) is 6.92 Å². The highest BCUT2D eigenvalue weighted by Crippen LogP contribution is 2.43. The lowest BCUT2D eigenvalue weighted by molar-refractivity contribution is -0.148. The molecule has 0 N–H and O–H groups in total. The Bertz CT molecular complexity index is 797. The standard InChI is InChI=1S/C29H51NO3Si2/c1-9-32-29(31)28(30-34(5,6)19-20-35(30,7)8)26(24-13-11-10-12-14-24)17-18-33-27-21-23(4)15-16-25(27)22(2)3/h10-14,22-23,25-28H,9,15-21H2,1-8H3/t23-,25+,26+,27-,28+/m1/s1. The van der Waals surface area contributed by atoms with Crippen LogP contribution in [-0.2, 0) is 14.3 Å². The summed E-state index contributed by atoms with van der Waals surface area (Å²) >= 11 is 0. The van der Waals surface area contributed by atoms with Crippen LogP contribution in [0.25, 0.3) is 0 Å². The third-order valence-electron chi connectivity index (χ3n) is 8.79. The molecular weight excluding hydrogens is 466 g/mol. The van der Waals surface area contributed by atoms with E-state index < -0.39 is 16.5 Å². The average molecular weight is 518 g/mol. The molecule has 0 spiro atoms. The Kier molecular flexibility index (Phi) is 9.86. The van der Waals surface area contributed by atoms with E-state index in [1.165, 1.54) is 30.5 Å². The molecule has 0 radical (unpaired) electrons. The van der Waals surface area contributed by atoms with Gasteiger partial charge in [-0.25, -0.2) is 0 Å². The number of carbonyl (C=O) groups is 1. The third-order valence-corrected chi connectivity index (χ3v) is 19.0. The van der Waals surface area contributed by atoms with Gasteiger partial charge in [0.05, 0.1) is 12.7 Å². The first-order valence-corrected chi connectivity index (χ1v) is 20.4. The summed E-state index contributed by atoms with van der Waals surface area (Å²) in [6, 6.07) is 13.0. The van der Waals surface area contributed by atoms with Gasteiger partial charge in [-0.1, -0.05) is 83.7 Å². The molecule has 0 unspecified atom stereocenters. The monoisotopic (exact) mass is 517 g/mol. The van der Waals surface area contributed by atoms with Gasteiger partial charge < -0.3 is 13.7 Å². The first kappa shape index (κ1) is 28.6. The first-order chi connectivity index (χ1) is 16.5. The largest absolute Gasteiger partial charge is 0.465 e. The highest BCUT2D eigenvalue weighted by Gasteiger charge is 2.54. The topological polar surface area (TPSA) is 38.8 Å². The molecule has 1 aromatic rings. The lowest BCUT2D eigenvalue weighted by atomic mass is 9.75. The molecule has 35 heavy (non-hydrogen) atoms. The van der Waals surface area contributed by atoms with Crippen molar-refractivity contribution in [3.05, 3.63) is 35.9 Å². The van der Waals surface area contributed by atoms with E-state index in [9.17, 15) is 4.79 Å². The smallest absolute Gasteiger partial charge is 0.322 e. The number of benzene rings is 1. The molecule has 4 nitrogen and oxygen atoms in total. The molecule has 3 rings (SSSR count). The van der Waals surface area contributed by atoms with Crippen molar-refractivity contribution in [2.24, 2.45) is 17.8 Å². The Hall–Kier alpha value is -0.956. The first-order valence-electron chi connectivity index (χ1n) is 14.1. The molecule has 6 heteroatoms. The number of carbonyl (C=O) groups excluding carboxylic acids is 1. The molecule has 198 valence electrons. The van der Waals surface area contributed by atoms with Crippen molar-refractivity contribution < 1.29 is 14.3 Å². The highest BCUT2D eigenvalue weighted by molar-refractivity contribution is 6.95. The number of esters is 1. The van der Waals surface area contributed by atoms with Gasteiger partial charge in [-0.2, -0.15) is 0 Å². The Morgan fingerprint density at radius 2 is 1.69 bits per heavy atom. The zero-order valence-electron chi connectivity index (χ0n) is 23.7. The molecule has 0 bridgehead atoms. The summed E-state index contributed by atoms with van der Waals surface area (Å²) in [4.78, 5) is 13.7. The zero-order chi connectivity index (χ0) is 25.8. The Balaban J connectivity index is 1.90. The van der Waals surface area contributed by atoms with Gasteiger partial charge >= 0.3 is 5.97 Å². The van der Waals surface area contributed by atoms with Crippen LogP contribution in [0.15, 0.2) is 30.3 Å². The molecule has 5 atom stereocenters. The van der Waals surface area contributed by atoms with Gasteiger partial charge in [0.15, 0.2) is 0 Å². The number of rotatable bonds is 10. The van der Waals surface area contributed by atoms with Gasteiger partial charge in [0.2, 0.25) is 0 Å². The van der Waals surface area contributed by atoms with E-state index in [2.05, 4.69) is 81.5 Å². The molecule has 2 fully saturated rings. The second-order valence-corrected chi connectivity index (χ2v) is 22.4.